The van der Waals surface area contributed by atoms with Crippen LogP contribution in [0.25, 0.3) is 0 Å². The lowest BCUT2D eigenvalue weighted by Crippen LogP contribution is -2.00. The second-order valence-electron chi connectivity index (χ2n) is 4.13. The molecule has 1 N–H and O–H groups in total. The van der Waals surface area contributed by atoms with Gasteiger partial charge in [-0.15, -0.1) is 0 Å². The molecule has 0 aliphatic carbocycles. The van der Waals surface area contributed by atoms with Crippen molar-refractivity contribution in [1.82, 2.24) is 0 Å². The van der Waals surface area contributed by atoms with Gasteiger partial charge in [-0.05, 0) is 29.8 Å². The summed E-state index contributed by atoms with van der Waals surface area (Å²) < 4.78 is 5.64. The molecule has 0 aromatic heterocycles. The van der Waals surface area contributed by atoms with Crippen molar-refractivity contribution in [3.63, 3.8) is 0 Å². The van der Waals surface area contributed by atoms with Crippen LogP contribution < -0.4 is 4.74 Å². The van der Waals surface area contributed by atoms with Crippen LogP contribution in [0.15, 0.2) is 36.4 Å². The Kier molecular flexibility index (Phi) is 4.86. The molecule has 2 aromatic rings. The quantitative estimate of drug-likeness (QED) is 0.931. The van der Waals surface area contributed by atoms with Gasteiger partial charge >= 0.3 is 0 Å². The van der Waals surface area contributed by atoms with E-state index in [1.807, 2.05) is 6.07 Å². The zero-order valence-corrected chi connectivity index (χ0v) is 11.9. The number of rotatable bonds is 4. The molecule has 0 aliphatic rings. The molecule has 0 heterocycles. The van der Waals surface area contributed by atoms with Crippen LogP contribution in [0.4, 0.5) is 0 Å². The van der Waals surface area contributed by atoms with E-state index >= 15 is 0 Å². The Balaban J connectivity index is 2.20. The third-order valence-corrected chi connectivity index (χ3v) is 3.19. The molecule has 0 atom stereocenters. The number of aliphatic hydroxyl groups is 1. The molecule has 5 heteroatoms. The molecule has 3 nitrogen and oxygen atoms in total. The molecule has 0 aliphatic heterocycles. The van der Waals surface area contributed by atoms with Gasteiger partial charge in [0, 0.05) is 10.6 Å². The minimum absolute atomic E-state index is 0.214. The SMILES string of the molecule is N#Cc1cccc(COc2c(Cl)cc(Cl)cc2CO)c1. The van der Waals surface area contributed by atoms with E-state index in [2.05, 4.69) is 6.07 Å². The lowest BCUT2D eigenvalue weighted by Gasteiger charge is -2.12. The van der Waals surface area contributed by atoms with E-state index in [-0.39, 0.29) is 13.2 Å². The summed E-state index contributed by atoms with van der Waals surface area (Å²) in [6.45, 7) is 0.0394. The van der Waals surface area contributed by atoms with Crippen LogP contribution in [0.5, 0.6) is 5.75 Å². The first kappa shape index (κ1) is 14.7. The molecular weight excluding hydrogens is 297 g/mol. The molecule has 20 heavy (non-hydrogen) atoms. The van der Waals surface area contributed by atoms with E-state index in [1.54, 1.807) is 30.3 Å². The Bertz CT molecular complexity index is 665. The maximum absolute atomic E-state index is 9.31. The van der Waals surface area contributed by atoms with Gasteiger partial charge < -0.3 is 9.84 Å². The summed E-state index contributed by atoms with van der Waals surface area (Å²) in [6.07, 6.45) is 0. The van der Waals surface area contributed by atoms with Crippen LogP contribution in [0.1, 0.15) is 16.7 Å². The van der Waals surface area contributed by atoms with Gasteiger partial charge in [0.1, 0.15) is 12.4 Å². The summed E-state index contributed by atoms with van der Waals surface area (Å²) in [5.74, 6) is 0.404. The van der Waals surface area contributed by atoms with Crippen molar-refractivity contribution in [2.24, 2.45) is 0 Å². The Morgan fingerprint density at radius 3 is 2.70 bits per heavy atom. The van der Waals surface area contributed by atoms with Gasteiger partial charge in [-0.3, -0.25) is 0 Å². The Morgan fingerprint density at radius 2 is 2.00 bits per heavy atom. The zero-order valence-electron chi connectivity index (χ0n) is 10.4. The highest BCUT2D eigenvalue weighted by Crippen LogP contribution is 2.33. The predicted molar refractivity (Wildman–Crippen MR) is 77.9 cm³/mol. The normalized spacial score (nSPS) is 10.1. The van der Waals surface area contributed by atoms with Gasteiger partial charge in [0.2, 0.25) is 0 Å². The summed E-state index contributed by atoms with van der Waals surface area (Å²) in [5.41, 5.74) is 1.94. The fourth-order valence-electron chi connectivity index (χ4n) is 1.78. The third kappa shape index (κ3) is 3.43. The molecular formula is C15H11Cl2NO2. The molecule has 0 amide bonds. The summed E-state index contributed by atoms with van der Waals surface area (Å²) >= 11 is 11.9. The van der Waals surface area contributed by atoms with Crippen molar-refractivity contribution in [3.8, 4) is 11.8 Å². The number of benzene rings is 2. The third-order valence-electron chi connectivity index (χ3n) is 2.69. The molecule has 0 saturated heterocycles. The van der Waals surface area contributed by atoms with Crippen molar-refractivity contribution in [2.75, 3.05) is 0 Å². The maximum Gasteiger partial charge on any atom is 0.144 e. The monoisotopic (exact) mass is 307 g/mol. The van der Waals surface area contributed by atoms with E-state index in [9.17, 15) is 5.11 Å². The standard InChI is InChI=1S/C15H11Cl2NO2/c16-13-5-12(8-19)15(14(17)6-13)20-9-11-3-1-2-10(4-11)7-18/h1-6,19H,8-9H2. The molecule has 0 spiro atoms. The predicted octanol–water partition coefficient (Wildman–Crippen LogP) is 3.94. The number of aliphatic hydroxyl groups excluding tert-OH is 1. The van der Waals surface area contributed by atoms with Crippen LogP contribution in [0.3, 0.4) is 0 Å². The van der Waals surface area contributed by atoms with E-state index < -0.39 is 0 Å². The van der Waals surface area contributed by atoms with Crippen LogP contribution in [-0.4, -0.2) is 5.11 Å². The molecule has 0 fully saturated rings. The first-order chi connectivity index (χ1) is 9.63. The van der Waals surface area contributed by atoms with Crippen molar-refractivity contribution >= 4 is 23.2 Å². The fraction of sp³-hybridized carbons (Fsp3) is 0.133. The smallest absolute Gasteiger partial charge is 0.144 e. The number of ether oxygens (including phenoxy) is 1. The van der Waals surface area contributed by atoms with Crippen LogP contribution in [0, 0.1) is 11.3 Å². The first-order valence-electron chi connectivity index (χ1n) is 5.84. The molecule has 0 unspecified atom stereocenters. The number of nitriles is 1. The van der Waals surface area contributed by atoms with Gasteiger partial charge in [-0.25, -0.2) is 0 Å². The largest absolute Gasteiger partial charge is 0.487 e. The van der Waals surface area contributed by atoms with Crippen LogP contribution in [-0.2, 0) is 13.2 Å². The van der Waals surface area contributed by atoms with Gasteiger partial charge in [0.25, 0.3) is 0 Å². The Morgan fingerprint density at radius 1 is 1.20 bits per heavy atom. The average Bonchev–Trinajstić information content (AvgIpc) is 2.45. The van der Waals surface area contributed by atoms with Crippen molar-refractivity contribution in [2.45, 2.75) is 13.2 Å². The number of hydrogen-bond acceptors (Lipinski definition) is 3. The Labute approximate surface area is 126 Å². The summed E-state index contributed by atoms with van der Waals surface area (Å²) in [5, 5.41) is 18.9. The molecule has 102 valence electrons. The number of hydrogen-bond donors (Lipinski definition) is 1. The van der Waals surface area contributed by atoms with Crippen molar-refractivity contribution in [1.29, 1.82) is 5.26 Å². The summed E-state index contributed by atoms with van der Waals surface area (Å²) in [7, 11) is 0. The van der Waals surface area contributed by atoms with E-state index in [0.717, 1.165) is 5.56 Å². The van der Waals surface area contributed by atoms with Crippen LogP contribution >= 0.6 is 23.2 Å². The first-order valence-corrected chi connectivity index (χ1v) is 6.60. The Hall–Kier alpha value is -1.73. The highest BCUT2D eigenvalue weighted by molar-refractivity contribution is 6.35. The summed E-state index contributed by atoms with van der Waals surface area (Å²) in [4.78, 5) is 0. The second kappa shape index (κ2) is 6.62. The lowest BCUT2D eigenvalue weighted by atomic mass is 10.1. The maximum atomic E-state index is 9.31. The topological polar surface area (TPSA) is 53.2 Å². The molecule has 0 saturated carbocycles. The van der Waals surface area contributed by atoms with Gasteiger partial charge in [-0.2, -0.15) is 5.26 Å². The van der Waals surface area contributed by atoms with E-state index in [0.29, 0.717) is 26.9 Å². The van der Waals surface area contributed by atoms with Crippen LogP contribution in [0.2, 0.25) is 10.0 Å². The number of nitrogens with zero attached hydrogens (tertiary/aromatic N) is 1. The minimum atomic E-state index is -0.214. The highest BCUT2D eigenvalue weighted by Gasteiger charge is 2.10. The summed E-state index contributed by atoms with van der Waals surface area (Å²) in [6, 6.07) is 12.3. The van der Waals surface area contributed by atoms with Gasteiger partial charge in [0.05, 0.1) is 23.3 Å². The van der Waals surface area contributed by atoms with E-state index in [4.69, 9.17) is 33.2 Å². The van der Waals surface area contributed by atoms with Crippen molar-refractivity contribution < 1.29 is 9.84 Å². The minimum Gasteiger partial charge on any atom is -0.487 e. The zero-order chi connectivity index (χ0) is 14.5. The molecule has 2 aromatic carbocycles. The number of halogens is 2. The highest BCUT2D eigenvalue weighted by atomic mass is 35.5. The van der Waals surface area contributed by atoms with Gasteiger partial charge in [0.15, 0.2) is 0 Å². The fourth-order valence-corrected chi connectivity index (χ4v) is 2.37. The lowest BCUT2D eigenvalue weighted by molar-refractivity contribution is 0.259. The van der Waals surface area contributed by atoms with Gasteiger partial charge in [-0.1, -0.05) is 35.3 Å². The second-order valence-corrected chi connectivity index (χ2v) is 4.98. The molecule has 0 bridgehead atoms. The molecule has 2 rings (SSSR count). The molecule has 0 radical (unpaired) electrons. The van der Waals surface area contributed by atoms with Crippen molar-refractivity contribution in [3.05, 3.63) is 63.1 Å². The van der Waals surface area contributed by atoms with E-state index in [1.165, 1.54) is 0 Å². The average molecular weight is 308 g/mol.